The number of benzene rings is 2. The zero-order chi connectivity index (χ0) is 12.5. The summed E-state index contributed by atoms with van der Waals surface area (Å²) in [6.45, 7) is 4.35. The first-order chi connectivity index (χ1) is 8.83. The van der Waals surface area contributed by atoms with Gasteiger partial charge in [-0.2, -0.15) is 0 Å². The first-order valence-electron chi connectivity index (χ1n) is 6.46. The molecule has 0 spiro atoms. The molecule has 91 valence electrons. The van der Waals surface area contributed by atoms with Crippen LogP contribution in [0.2, 0.25) is 0 Å². The van der Waals surface area contributed by atoms with Gasteiger partial charge in [-0.05, 0) is 42.2 Å². The zero-order valence-corrected chi connectivity index (χ0v) is 10.7. The Morgan fingerprint density at radius 3 is 2.56 bits per heavy atom. The Hall–Kier alpha value is -1.96. The normalized spacial score (nSPS) is 12.1. The topological polar surface area (TPSA) is 23.3 Å². The number of nitrogens with zero attached hydrogens (tertiary/aromatic N) is 1. The van der Waals surface area contributed by atoms with E-state index in [9.17, 15) is 0 Å². The van der Waals surface area contributed by atoms with Gasteiger partial charge in [-0.3, -0.25) is 0 Å². The average molecular weight is 238 g/mol. The molecule has 0 saturated carbocycles. The third-order valence-electron chi connectivity index (χ3n) is 3.39. The average Bonchev–Trinajstić information content (AvgIpc) is 2.43. The molecule has 3 rings (SSSR count). The Morgan fingerprint density at radius 2 is 1.78 bits per heavy atom. The lowest BCUT2D eigenvalue weighted by Crippen LogP contribution is -2.06. The van der Waals surface area contributed by atoms with E-state index in [0.717, 1.165) is 35.7 Å². The molecule has 2 aromatic rings. The highest BCUT2D eigenvalue weighted by molar-refractivity contribution is 5.71. The Bertz CT molecular complexity index is 590. The molecule has 0 saturated heterocycles. The lowest BCUT2D eigenvalue weighted by Gasteiger charge is -2.23. The van der Waals surface area contributed by atoms with Crippen LogP contribution in [0.25, 0.3) is 0 Å². The SMILES string of the molecule is CCc1ccc2c(c1CC)[N]c1ccccc1O2. The molecule has 18 heavy (non-hydrogen) atoms. The monoisotopic (exact) mass is 238 g/mol. The minimum atomic E-state index is 0.844. The van der Waals surface area contributed by atoms with Crippen LogP contribution >= 0.6 is 0 Å². The van der Waals surface area contributed by atoms with Crippen LogP contribution in [0, 0.1) is 0 Å². The summed E-state index contributed by atoms with van der Waals surface area (Å²) in [7, 11) is 0. The number of hydrogen-bond acceptors (Lipinski definition) is 1. The molecule has 2 nitrogen and oxygen atoms in total. The highest BCUT2D eigenvalue weighted by Crippen LogP contribution is 2.44. The van der Waals surface area contributed by atoms with Crippen LogP contribution in [0.15, 0.2) is 36.4 Å². The summed E-state index contributed by atoms with van der Waals surface area (Å²) >= 11 is 0. The first kappa shape index (κ1) is 11.1. The van der Waals surface area contributed by atoms with E-state index in [1.807, 2.05) is 30.3 Å². The summed E-state index contributed by atoms with van der Waals surface area (Å²) in [4.78, 5) is 0. The highest BCUT2D eigenvalue weighted by atomic mass is 16.5. The summed E-state index contributed by atoms with van der Waals surface area (Å²) < 4.78 is 5.93. The van der Waals surface area contributed by atoms with Crippen LogP contribution in [0.5, 0.6) is 11.5 Å². The van der Waals surface area contributed by atoms with Crippen molar-refractivity contribution in [3.8, 4) is 11.5 Å². The van der Waals surface area contributed by atoms with Crippen molar-refractivity contribution in [2.75, 3.05) is 0 Å². The van der Waals surface area contributed by atoms with Gasteiger partial charge in [-0.1, -0.05) is 32.0 Å². The maximum absolute atomic E-state index is 5.93. The summed E-state index contributed by atoms with van der Waals surface area (Å²) in [5, 5.41) is 4.76. The Balaban J connectivity index is 2.13. The van der Waals surface area contributed by atoms with Crippen molar-refractivity contribution < 1.29 is 4.74 Å². The van der Waals surface area contributed by atoms with Crippen LogP contribution < -0.4 is 10.1 Å². The smallest absolute Gasteiger partial charge is 0.153 e. The second-order valence-electron chi connectivity index (χ2n) is 4.44. The van der Waals surface area contributed by atoms with Crippen LogP contribution in [0.4, 0.5) is 11.4 Å². The number of para-hydroxylation sites is 2. The van der Waals surface area contributed by atoms with Crippen molar-refractivity contribution in [2.24, 2.45) is 0 Å². The lowest BCUT2D eigenvalue weighted by molar-refractivity contribution is 0.470. The quantitative estimate of drug-likeness (QED) is 0.645. The predicted octanol–water partition coefficient (Wildman–Crippen LogP) is 4.48. The van der Waals surface area contributed by atoms with E-state index in [-0.39, 0.29) is 0 Å². The maximum atomic E-state index is 5.93. The molecule has 0 atom stereocenters. The van der Waals surface area contributed by atoms with Crippen LogP contribution in [0.1, 0.15) is 25.0 Å². The van der Waals surface area contributed by atoms with E-state index >= 15 is 0 Å². The third kappa shape index (κ3) is 1.65. The molecule has 1 heterocycles. The van der Waals surface area contributed by atoms with Crippen molar-refractivity contribution in [1.29, 1.82) is 0 Å². The molecule has 0 unspecified atom stereocenters. The Labute approximate surface area is 108 Å². The summed E-state index contributed by atoms with van der Waals surface area (Å²) in [6, 6.07) is 12.1. The first-order valence-corrected chi connectivity index (χ1v) is 6.46. The molecule has 2 aromatic carbocycles. The van der Waals surface area contributed by atoms with Gasteiger partial charge in [0.25, 0.3) is 0 Å². The number of hydrogen-bond donors (Lipinski definition) is 0. The molecule has 0 bridgehead atoms. The fraction of sp³-hybridized carbons (Fsp3) is 0.250. The number of fused-ring (bicyclic) bond motifs is 2. The third-order valence-corrected chi connectivity index (χ3v) is 3.39. The zero-order valence-electron chi connectivity index (χ0n) is 10.7. The highest BCUT2D eigenvalue weighted by Gasteiger charge is 2.21. The van der Waals surface area contributed by atoms with E-state index in [0.29, 0.717) is 0 Å². The molecule has 0 aromatic heterocycles. The van der Waals surface area contributed by atoms with Crippen molar-refractivity contribution in [1.82, 2.24) is 5.32 Å². The molecule has 1 radical (unpaired) electrons. The molecular weight excluding hydrogens is 222 g/mol. The fourth-order valence-corrected chi connectivity index (χ4v) is 2.46. The van der Waals surface area contributed by atoms with Crippen LogP contribution in [-0.2, 0) is 12.8 Å². The molecule has 0 amide bonds. The van der Waals surface area contributed by atoms with Gasteiger partial charge in [0, 0.05) is 0 Å². The van der Waals surface area contributed by atoms with Gasteiger partial charge in [-0.15, -0.1) is 0 Å². The fourth-order valence-electron chi connectivity index (χ4n) is 2.46. The van der Waals surface area contributed by atoms with Gasteiger partial charge in [0.15, 0.2) is 11.5 Å². The molecule has 2 heteroatoms. The van der Waals surface area contributed by atoms with E-state index in [1.54, 1.807) is 0 Å². The number of ether oxygens (including phenoxy) is 1. The molecule has 0 N–H and O–H groups in total. The van der Waals surface area contributed by atoms with Gasteiger partial charge in [0.1, 0.15) is 11.4 Å². The molecular formula is C16H16NO. The van der Waals surface area contributed by atoms with Gasteiger partial charge in [0.2, 0.25) is 0 Å². The second kappa shape index (κ2) is 4.37. The van der Waals surface area contributed by atoms with Gasteiger partial charge in [0.05, 0.1) is 0 Å². The summed E-state index contributed by atoms with van der Waals surface area (Å²) in [5.74, 6) is 1.72. The van der Waals surface area contributed by atoms with Crippen molar-refractivity contribution in [3.05, 3.63) is 47.5 Å². The van der Waals surface area contributed by atoms with Crippen molar-refractivity contribution >= 4 is 11.4 Å². The largest absolute Gasteiger partial charge is 0.453 e. The minimum absolute atomic E-state index is 0.844. The van der Waals surface area contributed by atoms with Crippen molar-refractivity contribution in [2.45, 2.75) is 26.7 Å². The predicted molar refractivity (Wildman–Crippen MR) is 73.2 cm³/mol. The molecule has 0 aliphatic carbocycles. The molecule has 0 fully saturated rings. The molecule has 1 aliphatic heterocycles. The van der Waals surface area contributed by atoms with Gasteiger partial charge >= 0.3 is 0 Å². The lowest BCUT2D eigenvalue weighted by atomic mass is 9.99. The second-order valence-corrected chi connectivity index (χ2v) is 4.44. The minimum Gasteiger partial charge on any atom is -0.453 e. The number of rotatable bonds is 2. The van der Waals surface area contributed by atoms with E-state index < -0.39 is 0 Å². The van der Waals surface area contributed by atoms with Crippen LogP contribution in [0.3, 0.4) is 0 Å². The van der Waals surface area contributed by atoms with E-state index in [2.05, 4.69) is 19.9 Å². The Kier molecular flexibility index (Phi) is 2.71. The van der Waals surface area contributed by atoms with E-state index in [4.69, 9.17) is 10.1 Å². The van der Waals surface area contributed by atoms with Gasteiger partial charge < -0.3 is 4.74 Å². The van der Waals surface area contributed by atoms with E-state index in [1.165, 1.54) is 11.1 Å². The van der Waals surface area contributed by atoms with Crippen LogP contribution in [-0.4, -0.2) is 0 Å². The molecule has 1 aliphatic rings. The Morgan fingerprint density at radius 1 is 0.944 bits per heavy atom. The van der Waals surface area contributed by atoms with Gasteiger partial charge in [-0.25, -0.2) is 5.32 Å². The summed E-state index contributed by atoms with van der Waals surface area (Å²) in [6.07, 6.45) is 2.02. The number of aryl methyl sites for hydroxylation is 1. The standard InChI is InChI=1S/C16H16NO/c1-3-11-9-10-15-16(12(11)4-2)17-13-7-5-6-8-14(13)18-15/h5-10H,3-4H2,1-2H3. The maximum Gasteiger partial charge on any atom is 0.153 e. The van der Waals surface area contributed by atoms with Crippen molar-refractivity contribution in [3.63, 3.8) is 0 Å². The summed E-state index contributed by atoms with van der Waals surface area (Å²) in [5.41, 5.74) is 4.61.